The Kier molecular flexibility index (Phi) is 6.15. The van der Waals surface area contributed by atoms with Gasteiger partial charge in [-0.05, 0) is 37.5 Å². The van der Waals surface area contributed by atoms with E-state index in [1.54, 1.807) is 7.11 Å². The molecule has 26 heavy (non-hydrogen) atoms. The summed E-state index contributed by atoms with van der Waals surface area (Å²) < 4.78 is 10.6. The molecule has 0 amide bonds. The average molecular weight is 356 g/mol. The highest BCUT2D eigenvalue weighted by Crippen LogP contribution is 2.28. The van der Waals surface area contributed by atoms with Crippen molar-refractivity contribution in [2.75, 3.05) is 26.7 Å². The molecule has 1 aromatic carbocycles. The molecule has 3 rings (SSSR count). The molecule has 0 radical (unpaired) electrons. The maximum atomic E-state index is 5.34. The summed E-state index contributed by atoms with van der Waals surface area (Å²) in [7, 11) is 1.70. The van der Waals surface area contributed by atoms with Crippen LogP contribution in [0.4, 0.5) is 0 Å². The zero-order chi connectivity index (χ0) is 18.4. The first-order valence-electron chi connectivity index (χ1n) is 9.35. The molecule has 0 spiro atoms. The quantitative estimate of drug-likeness (QED) is 0.636. The smallest absolute Gasteiger partial charge is 0.194 e. The van der Waals surface area contributed by atoms with E-state index in [-0.39, 0.29) is 0 Å². The molecule has 1 atom stereocenters. The number of rotatable bonds is 6. The third kappa shape index (κ3) is 4.36. The number of nitrogens with zero attached hydrogens (tertiary/aromatic N) is 3. The van der Waals surface area contributed by atoms with Crippen LogP contribution >= 0.6 is 0 Å². The lowest BCUT2D eigenvalue weighted by Gasteiger charge is -2.21. The molecule has 2 heterocycles. The van der Waals surface area contributed by atoms with Gasteiger partial charge in [0.15, 0.2) is 11.7 Å². The number of aryl methyl sites for hydroxylation is 1. The van der Waals surface area contributed by atoms with Crippen molar-refractivity contribution in [2.45, 2.75) is 39.2 Å². The molecule has 6 nitrogen and oxygen atoms in total. The van der Waals surface area contributed by atoms with Gasteiger partial charge in [0.25, 0.3) is 0 Å². The largest absolute Gasteiger partial charge is 0.497 e. The first kappa shape index (κ1) is 18.3. The van der Waals surface area contributed by atoms with E-state index in [0.717, 1.165) is 55.6 Å². The molecule has 140 valence electrons. The lowest BCUT2D eigenvalue weighted by atomic mass is 9.98. The Morgan fingerprint density at radius 3 is 2.81 bits per heavy atom. The second-order valence-corrected chi connectivity index (χ2v) is 6.51. The lowest BCUT2D eigenvalue weighted by Crippen LogP contribution is -2.40. The van der Waals surface area contributed by atoms with Crippen LogP contribution in [-0.4, -0.2) is 42.8 Å². The number of nitrogens with one attached hydrogen (secondary N) is 1. The van der Waals surface area contributed by atoms with E-state index in [4.69, 9.17) is 14.3 Å². The average Bonchev–Trinajstić information content (AvgIpc) is 3.35. The second-order valence-electron chi connectivity index (χ2n) is 6.51. The zero-order valence-electron chi connectivity index (χ0n) is 15.9. The number of ether oxygens (including phenoxy) is 1. The summed E-state index contributed by atoms with van der Waals surface area (Å²) in [4.78, 5) is 7.08. The van der Waals surface area contributed by atoms with Crippen molar-refractivity contribution >= 4 is 5.96 Å². The van der Waals surface area contributed by atoms with Crippen molar-refractivity contribution in [2.24, 2.45) is 4.99 Å². The highest BCUT2D eigenvalue weighted by atomic mass is 16.5. The van der Waals surface area contributed by atoms with Crippen LogP contribution in [0.15, 0.2) is 39.8 Å². The fourth-order valence-electron chi connectivity index (χ4n) is 3.28. The molecular formula is C20H28N4O2. The molecule has 1 aromatic heterocycles. The Morgan fingerprint density at radius 2 is 2.15 bits per heavy atom. The second kappa shape index (κ2) is 8.74. The number of aromatic nitrogens is 1. The van der Waals surface area contributed by atoms with Gasteiger partial charge in [-0.15, -0.1) is 0 Å². The Balaban J connectivity index is 1.65. The van der Waals surface area contributed by atoms with E-state index in [1.807, 2.05) is 18.2 Å². The van der Waals surface area contributed by atoms with Gasteiger partial charge in [-0.1, -0.05) is 24.2 Å². The molecule has 6 heteroatoms. The third-order valence-corrected chi connectivity index (χ3v) is 4.76. The Bertz CT molecular complexity index is 724. The Hall–Kier alpha value is -2.50. The van der Waals surface area contributed by atoms with Crippen LogP contribution < -0.4 is 10.1 Å². The van der Waals surface area contributed by atoms with Crippen LogP contribution in [0.25, 0.3) is 0 Å². The number of likely N-dealkylation sites (tertiary alicyclic amines) is 1. The fourth-order valence-corrected chi connectivity index (χ4v) is 3.28. The van der Waals surface area contributed by atoms with Gasteiger partial charge in [-0.3, -0.25) is 0 Å². The van der Waals surface area contributed by atoms with E-state index in [9.17, 15) is 0 Å². The highest BCUT2D eigenvalue weighted by Gasteiger charge is 2.26. The van der Waals surface area contributed by atoms with Crippen LogP contribution in [0.1, 0.15) is 43.2 Å². The number of guanidine groups is 1. The van der Waals surface area contributed by atoms with Gasteiger partial charge in [0.1, 0.15) is 12.3 Å². The van der Waals surface area contributed by atoms with E-state index in [1.165, 1.54) is 5.56 Å². The monoisotopic (exact) mass is 356 g/mol. The molecule has 1 fully saturated rings. The lowest BCUT2D eigenvalue weighted by molar-refractivity contribution is 0.378. The molecule has 2 aromatic rings. The predicted octanol–water partition coefficient (Wildman–Crippen LogP) is 3.20. The van der Waals surface area contributed by atoms with Gasteiger partial charge < -0.3 is 19.5 Å². The van der Waals surface area contributed by atoms with E-state index in [0.29, 0.717) is 12.5 Å². The normalized spacial score (nSPS) is 17.6. The van der Waals surface area contributed by atoms with Gasteiger partial charge in [0.05, 0.1) is 12.8 Å². The molecular weight excluding hydrogens is 328 g/mol. The third-order valence-electron chi connectivity index (χ3n) is 4.76. The summed E-state index contributed by atoms with van der Waals surface area (Å²) in [6.07, 6.45) is 2.00. The maximum Gasteiger partial charge on any atom is 0.194 e. The molecule has 1 N–H and O–H groups in total. The predicted molar refractivity (Wildman–Crippen MR) is 103 cm³/mol. The number of hydrogen-bond acceptors (Lipinski definition) is 4. The fraction of sp³-hybridized carbons (Fsp3) is 0.500. The topological polar surface area (TPSA) is 62.9 Å². The zero-order valence-corrected chi connectivity index (χ0v) is 15.9. The first-order chi connectivity index (χ1) is 12.7. The molecule has 1 saturated heterocycles. The summed E-state index contributed by atoms with van der Waals surface area (Å²) >= 11 is 0. The van der Waals surface area contributed by atoms with Crippen molar-refractivity contribution < 1.29 is 9.26 Å². The van der Waals surface area contributed by atoms with Gasteiger partial charge in [-0.2, -0.15) is 0 Å². The van der Waals surface area contributed by atoms with E-state index < -0.39 is 0 Å². The number of hydrogen-bond donors (Lipinski definition) is 1. The Morgan fingerprint density at radius 1 is 1.35 bits per heavy atom. The van der Waals surface area contributed by atoms with Crippen molar-refractivity contribution in [1.29, 1.82) is 0 Å². The molecule has 0 aliphatic carbocycles. The molecule has 1 aliphatic heterocycles. The minimum absolute atomic E-state index is 0.513. The summed E-state index contributed by atoms with van der Waals surface area (Å²) in [5.74, 6) is 3.17. The van der Waals surface area contributed by atoms with Crippen molar-refractivity contribution in [3.63, 3.8) is 0 Å². The minimum Gasteiger partial charge on any atom is -0.497 e. The van der Waals surface area contributed by atoms with Crippen molar-refractivity contribution in [3.8, 4) is 5.75 Å². The molecule has 0 bridgehead atoms. The number of aliphatic imine (C=N–C) groups is 1. The summed E-state index contributed by atoms with van der Waals surface area (Å²) in [5, 5.41) is 7.43. The molecule has 0 saturated carbocycles. The van der Waals surface area contributed by atoms with Gasteiger partial charge >= 0.3 is 0 Å². The van der Waals surface area contributed by atoms with Crippen LogP contribution in [0, 0.1) is 0 Å². The van der Waals surface area contributed by atoms with E-state index in [2.05, 4.69) is 41.4 Å². The molecule has 1 aliphatic rings. The summed E-state index contributed by atoms with van der Waals surface area (Å²) in [6.45, 7) is 7.49. The van der Waals surface area contributed by atoms with Crippen molar-refractivity contribution in [1.82, 2.24) is 15.4 Å². The first-order valence-corrected chi connectivity index (χ1v) is 9.35. The van der Waals surface area contributed by atoms with Gasteiger partial charge in [-0.25, -0.2) is 4.99 Å². The minimum atomic E-state index is 0.513. The van der Waals surface area contributed by atoms with Crippen LogP contribution in [0.2, 0.25) is 0 Å². The maximum absolute atomic E-state index is 5.34. The van der Waals surface area contributed by atoms with Gasteiger partial charge in [0.2, 0.25) is 0 Å². The van der Waals surface area contributed by atoms with Crippen LogP contribution in [-0.2, 0) is 13.0 Å². The van der Waals surface area contributed by atoms with Crippen molar-refractivity contribution in [3.05, 3.63) is 47.3 Å². The standard InChI is InChI=1S/C20H28N4O2/c1-4-17-12-19(26-23-17)13-22-20(21-5-2)24-11-10-16(14-24)15-6-8-18(25-3)9-7-15/h6-9,12,16H,4-5,10-11,13-14H2,1-3H3,(H,21,22). The van der Waals surface area contributed by atoms with Crippen LogP contribution in [0.3, 0.4) is 0 Å². The van der Waals surface area contributed by atoms with E-state index >= 15 is 0 Å². The number of methoxy groups -OCH3 is 1. The highest BCUT2D eigenvalue weighted by molar-refractivity contribution is 5.80. The SMILES string of the molecule is CCNC(=NCc1cc(CC)no1)N1CCC(c2ccc(OC)cc2)C1. The Labute approximate surface area is 155 Å². The van der Waals surface area contributed by atoms with Crippen LogP contribution in [0.5, 0.6) is 5.75 Å². The number of benzene rings is 1. The molecule has 1 unspecified atom stereocenters. The summed E-state index contributed by atoms with van der Waals surface area (Å²) in [6, 6.07) is 10.4. The summed E-state index contributed by atoms with van der Waals surface area (Å²) in [5.41, 5.74) is 2.33. The van der Waals surface area contributed by atoms with Gasteiger partial charge in [0, 0.05) is 31.6 Å².